The molecule has 0 aliphatic carbocycles. The van der Waals surface area contributed by atoms with Crippen LogP contribution in [0.5, 0.6) is 0 Å². The van der Waals surface area contributed by atoms with Crippen LogP contribution in [0.25, 0.3) is 11.0 Å². The first kappa shape index (κ1) is 10.9. The largest absolute Gasteiger partial charge is 0.331 e. The molecule has 0 unspecified atom stereocenters. The van der Waals surface area contributed by atoms with E-state index in [1.54, 1.807) is 12.1 Å². The van der Waals surface area contributed by atoms with Crippen LogP contribution < -0.4 is 4.72 Å². The minimum Gasteiger partial charge on any atom is -0.331 e. The third-order valence-corrected chi connectivity index (χ3v) is 3.01. The number of hydrogen-bond acceptors (Lipinski definition) is 3. The summed E-state index contributed by atoms with van der Waals surface area (Å²) in [5, 5.41) is 0. The van der Waals surface area contributed by atoms with Crippen molar-refractivity contribution in [3.05, 3.63) is 24.0 Å². The smallest absolute Gasteiger partial charge is 0.229 e. The molecule has 1 aromatic carbocycles. The SMILES string of the molecule is Cc1nc2cc(NS(C)(=O)=O)ccc2n1C. The highest BCUT2D eigenvalue weighted by Crippen LogP contribution is 2.19. The van der Waals surface area contributed by atoms with Crippen molar-refractivity contribution in [1.29, 1.82) is 0 Å². The van der Waals surface area contributed by atoms with Gasteiger partial charge in [-0.1, -0.05) is 0 Å². The van der Waals surface area contributed by atoms with Crippen LogP contribution in [0.1, 0.15) is 5.82 Å². The standard InChI is InChI=1S/C10H13N3O2S/c1-7-11-9-6-8(12-16(3,14)15)4-5-10(9)13(7)2/h4-6,12H,1-3H3. The molecule has 0 aliphatic rings. The van der Waals surface area contributed by atoms with Gasteiger partial charge < -0.3 is 4.57 Å². The first-order chi connectivity index (χ1) is 7.37. The summed E-state index contributed by atoms with van der Waals surface area (Å²) in [6, 6.07) is 5.30. The van der Waals surface area contributed by atoms with Gasteiger partial charge in [0.25, 0.3) is 0 Å². The predicted octanol–water partition coefficient (Wildman–Crippen LogP) is 1.25. The lowest BCUT2D eigenvalue weighted by atomic mass is 10.3. The molecule has 86 valence electrons. The van der Waals surface area contributed by atoms with Crippen LogP contribution in [0.15, 0.2) is 18.2 Å². The molecule has 0 saturated carbocycles. The second-order valence-corrected chi connectivity index (χ2v) is 5.54. The molecule has 6 heteroatoms. The van der Waals surface area contributed by atoms with Gasteiger partial charge in [-0.05, 0) is 25.1 Å². The second kappa shape index (κ2) is 3.48. The van der Waals surface area contributed by atoms with E-state index in [0.717, 1.165) is 23.1 Å². The van der Waals surface area contributed by atoms with Crippen molar-refractivity contribution in [3.8, 4) is 0 Å². The number of sulfonamides is 1. The summed E-state index contributed by atoms with van der Waals surface area (Å²) in [6.45, 7) is 1.91. The van der Waals surface area contributed by atoms with Crippen LogP contribution in [-0.4, -0.2) is 24.2 Å². The van der Waals surface area contributed by atoms with E-state index in [4.69, 9.17) is 0 Å². The maximum Gasteiger partial charge on any atom is 0.229 e. The van der Waals surface area contributed by atoms with E-state index >= 15 is 0 Å². The van der Waals surface area contributed by atoms with Gasteiger partial charge in [0, 0.05) is 7.05 Å². The Morgan fingerprint density at radius 2 is 2.06 bits per heavy atom. The molecule has 2 aromatic rings. The molecular formula is C10H13N3O2S. The summed E-state index contributed by atoms with van der Waals surface area (Å²) in [4.78, 5) is 4.33. The number of aromatic nitrogens is 2. The Morgan fingerprint density at radius 1 is 1.38 bits per heavy atom. The van der Waals surface area contributed by atoms with Crippen molar-refractivity contribution in [2.45, 2.75) is 6.92 Å². The lowest BCUT2D eigenvalue weighted by Crippen LogP contribution is -2.09. The van der Waals surface area contributed by atoms with E-state index in [2.05, 4.69) is 9.71 Å². The number of benzene rings is 1. The highest BCUT2D eigenvalue weighted by atomic mass is 32.2. The number of hydrogen-bond donors (Lipinski definition) is 1. The molecule has 5 nitrogen and oxygen atoms in total. The summed E-state index contributed by atoms with van der Waals surface area (Å²) < 4.78 is 26.5. The van der Waals surface area contributed by atoms with Crippen LogP contribution in [0.2, 0.25) is 0 Å². The summed E-state index contributed by atoms with van der Waals surface area (Å²) in [6.07, 6.45) is 1.13. The second-order valence-electron chi connectivity index (χ2n) is 3.80. The van der Waals surface area contributed by atoms with Crippen molar-refractivity contribution in [2.75, 3.05) is 11.0 Å². The average molecular weight is 239 g/mol. The van der Waals surface area contributed by atoms with Gasteiger partial charge in [0.2, 0.25) is 10.0 Å². The van der Waals surface area contributed by atoms with Crippen molar-refractivity contribution in [2.24, 2.45) is 7.05 Å². The Hall–Kier alpha value is -1.56. The number of anilines is 1. The normalized spacial score (nSPS) is 11.9. The fraction of sp³-hybridized carbons (Fsp3) is 0.300. The number of aryl methyl sites for hydroxylation is 2. The zero-order chi connectivity index (χ0) is 11.9. The van der Waals surface area contributed by atoms with Crippen LogP contribution in [0.4, 0.5) is 5.69 Å². The minimum absolute atomic E-state index is 0.535. The molecule has 16 heavy (non-hydrogen) atoms. The maximum absolute atomic E-state index is 11.1. The molecule has 0 aliphatic heterocycles. The summed E-state index contributed by atoms with van der Waals surface area (Å²) >= 11 is 0. The summed E-state index contributed by atoms with van der Waals surface area (Å²) in [7, 11) is -1.31. The Kier molecular flexibility index (Phi) is 2.38. The van der Waals surface area contributed by atoms with E-state index in [1.807, 2.05) is 24.6 Å². The van der Waals surface area contributed by atoms with Gasteiger partial charge in [-0.25, -0.2) is 13.4 Å². The molecule has 0 fully saturated rings. The molecule has 1 heterocycles. The van der Waals surface area contributed by atoms with Crippen LogP contribution >= 0.6 is 0 Å². The van der Waals surface area contributed by atoms with Crippen molar-refractivity contribution >= 4 is 26.7 Å². The third-order valence-electron chi connectivity index (χ3n) is 2.41. The minimum atomic E-state index is -3.23. The third kappa shape index (κ3) is 2.01. The first-order valence-electron chi connectivity index (χ1n) is 4.78. The average Bonchev–Trinajstić information content (AvgIpc) is 2.40. The van der Waals surface area contributed by atoms with Gasteiger partial charge in [0.15, 0.2) is 0 Å². The highest BCUT2D eigenvalue weighted by Gasteiger charge is 2.06. The Balaban J connectivity index is 2.53. The van der Waals surface area contributed by atoms with E-state index < -0.39 is 10.0 Å². The van der Waals surface area contributed by atoms with Gasteiger partial charge in [-0.2, -0.15) is 0 Å². The van der Waals surface area contributed by atoms with Crippen LogP contribution in [0, 0.1) is 6.92 Å². The van der Waals surface area contributed by atoms with Crippen LogP contribution in [-0.2, 0) is 17.1 Å². The topological polar surface area (TPSA) is 64.0 Å². The molecule has 0 atom stereocenters. The molecule has 0 radical (unpaired) electrons. The van der Waals surface area contributed by atoms with Crippen molar-refractivity contribution < 1.29 is 8.42 Å². The molecule has 2 rings (SSSR count). The number of fused-ring (bicyclic) bond motifs is 1. The predicted molar refractivity (Wildman–Crippen MR) is 63.9 cm³/mol. The van der Waals surface area contributed by atoms with Gasteiger partial charge in [-0.3, -0.25) is 4.72 Å². The molecule has 1 aromatic heterocycles. The van der Waals surface area contributed by atoms with Crippen LogP contribution in [0.3, 0.4) is 0 Å². The monoisotopic (exact) mass is 239 g/mol. The lowest BCUT2D eigenvalue weighted by Gasteiger charge is -2.03. The highest BCUT2D eigenvalue weighted by molar-refractivity contribution is 7.92. The zero-order valence-electron chi connectivity index (χ0n) is 9.35. The van der Waals surface area contributed by atoms with Gasteiger partial charge in [0.05, 0.1) is 23.0 Å². The molecule has 0 spiro atoms. The van der Waals surface area contributed by atoms with E-state index in [0.29, 0.717) is 5.69 Å². The zero-order valence-corrected chi connectivity index (χ0v) is 10.2. The first-order valence-corrected chi connectivity index (χ1v) is 6.67. The van der Waals surface area contributed by atoms with Crippen molar-refractivity contribution in [1.82, 2.24) is 9.55 Å². The molecule has 0 bridgehead atoms. The van der Waals surface area contributed by atoms with Crippen molar-refractivity contribution in [3.63, 3.8) is 0 Å². The van der Waals surface area contributed by atoms with E-state index in [1.165, 1.54) is 0 Å². The van der Waals surface area contributed by atoms with Gasteiger partial charge in [0.1, 0.15) is 5.82 Å². The summed E-state index contributed by atoms with van der Waals surface area (Å²) in [5.41, 5.74) is 2.30. The van der Waals surface area contributed by atoms with E-state index in [9.17, 15) is 8.42 Å². The lowest BCUT2D eigenvalue weighted by molar-refractivity contribution is 0.607. The summed E-state index contributed by atoms with van der Waals surface area (Å²) in [5.74, 6) is 0.895. The number of nitrogens with one attached hydrogen (secondary N) is 1. The Morgan fingerprint density at radius 3 is 2.69 bits per heavy atom. The number of nitrogens with zero attached hydrogens (tertiary/aromatic N) is 2. The number of rotatable bonds is 2. The molecule has 1 N–H and O–H groups in total. The Labute approximate surface area is 94.2 Å². The quantitative estimate of drug-likeness (QED) is 0.858. The van der Waals surface area contributed by atoms with Gasteiger partial charge >= 0.3 is 0 Å². The maximum atomic E-state index is 11.1. The molecular weight excluding hydrogens is 226 g/mol. The molecule has 0 amide bonds. The van der Waals surface area contributed by atoms with Gasteiger partial charge in [-0.15, -0.1) is 0 Å². The fourth-order valence-corrected chi connectivity index (χ4v) is 2.15. The Bertz CT molecular complexity index is 643. The number of imidazole rings is 1. The van der Waals surface area contributed by atoms with E-state index in [-0.39, 0.29) is 0 Å². The fourth-order valence-electron chi connectivity index (χ4n) is 1.60. The molecule has 0 saturated heterocycles.